The Morgan fingerprint density at radius 2 is 1.53 bits per heavy atom. The molecule has 4 rings (SSSR count). The average Bonchev–Trinajstić information content (AvgIpc) is 3.33. The molecule has 3 saturated carbocycles. The molecule has 1 heterocycles. The fraction of sp³-hybridized carbons (Fsp3) is 0.875. The maximum Gasteiger partial charge on any atom is 0.318 e. The summed E-state index contributed by atoms with van der Waals surface area (Å²) in [6.07, 6.45) is 17.5. The van der Waals surface area contributed by atoms with Crippen molar-refractivity contribution in [2.45, 2.75) is 129 Å². The van der Waals surface area contributed by atoms with Gasteiger partial charge in [-0.1, -0.05) is 66.2 Å². The van der Waals surface area contributed by atoms with Crippen LogP contribution in [0.1, 0.15) is 111 Å². The fourth-order valence-corrected chi connectivity index (χ4v) is 8.05. The van der Waals surface area contributed by atoms with E-state index in [2.05, 4.69) is 49.8 Å². The molecule has 5 atom stereocenters. The van der Waals surface area contributed by atoms with Gasteiger partial charge in [0.15, 0.2) is 0 Å². The molecule has 4 aliphatic rings. The molecule has 0 spiro atoms. The second-order valence-electron chi connectivity index (χ2n) is 13.7. The summed E-state index contributed by atoms with van der Waals surface area (Å²) in [7, 11) is 1.85. The van der Waals surface area contributed by atoms with Crippen molar-refractivity contribution < 1.29 is 9.59 Å². The number of carbonyl (C=O) groups excluding carboxylic acids is 2. The first-order valence-corrected chi connectivity index (χ1v) is 16.0. The number of hydrogen-bond acceptors (Lipinski definition) is 3. The summed E-state index contributed by atoms with van der Waals surface area (Å²) in [5, 5.41) is 10.4. The van der Waals surface area contributed by atoms with Crippen molar-refractivity contribution in [1.82, 2.24) is 20.9 Å². The maximum absolute atomic E-state index is 13.9. The largest absolute Gasteiger partial charge is 0.388 e. The van der Waals surface area contributed by atoms with Gasteiger partial charge in [-0.05, 0) is 86.3 Å². The molecule has 6 heteroatoms. The lowest BCUT2D eigenvalue weighted by atomic mass is 9.68. The molecular formula is C32H56N4O2. The van der Waals surface area contributed by atoms with Crippen LogP contribution in [0.3, 0.4) is 0 Å². The van der Waals surface area contributed by atoms with Gasteiger partial charge >= 0.3 is 6.03 Å². The van der Waals surface area contributed by atoms with E-state index < -0.39 is 6.04 Å². The molecule has 1 aliphatic heterocycles. The molecule has 0 aromatic heterocycles. The Balaban J connectivity index is 1.48. The van der Waals surface area contributed by atoms with Crippen LogP contribution in [0, 0.1) is 35.5 Å². The standard InChI is InChI=1S/C32H56N4O2/c1-21(2)25-15-11-16-26(22(3)4)30(25)35-32(38)36(5)29(31(37)34-19-23-12-7-6-8-13-23)18-24-20-33-28-17-10-9-14-27(24)28/h20-23,25-30,33H,6-19H2,1-5H3,(H,34,37)(H,35,38). The van der Waals surface area contributed by atoms with E-state index >= 15 is 0 Å². The van der Waals surface area contributed by atoms with E-state index in [-0.39, 0.29) is 18.0 Å². The molecule has 3 N–H and O–H groups in total. The van der Waals surface area contributed by atoms with Gasteiger partial charge in [0.25, 0.3) is 0 Å². The molecule has 3 aliphatic carbocycles. The van der Waals surface area contributed by atoms with Crippen LogP contribution in [-0.4, -0.2) is 48.6 Å². The molecule has 3 fully saturated rings. The van der Waals surface area contributed by atoms with E-state index in [1.54, 1.807) is 4.90 Å². The smallest absolute Gasteiger partial charge is 0.318 e. The number of urea groups is 1. The van der Waals surface area contributed by atoms with Crippen LogP contribution in [0.4, 0.5) is 4.79 Å². The zero-order valence-corrected chi connectivity index (χ0v) is 24.9. The van der Waals surface area contributed by atoms with E-state index in [1.165, 1.54) is 82.6 Å². The Bertz CT molecular complexity index is 802. The zero-order chi connectivity index (χ0) is 27.2. The fourth-order valence-electron chi connectivity index (χ4n) is 8.05. The molecule has 0 aromatic rings. The first kappa shape index (κ1) is 29.3. The summed E-state index contributed by atoms with van der Waals surface area (Å²) in [5.74, 6) is 3.11. The second-order valence-corrected chi connectivity index (χ2v) is 13.7. The molecule has 0 bridgehead atoms. The number of nitrogens with one attached hydrogen (secondary N) is 3. The first-order chi connectivity index (χ1) is 18.3. The van der Waals surface area contributed by atoms with Crippen molar-refractivity contribution in [3.63, 3.8) is 0 Å². The highest BCUT2D eigenvalue weighted by Gasteiger charge is 2.40. The lowest BCUT2D eigenvalue weighted by molar-refractivity contribution is -0.125. The van der Waals surface area contributed by atoms with E-state index in [0.717, 1.165) is 6.54 Å². The Kier molecular flexibility index (Phi) is 10.4. The van der Waals surface area contributed by atoms with Gasteiger partial charge in [0.05, 0.1) is 0 Å². The van der Waals surface area contributed by atoms with Gasteiger partial charge in [0, 0.05) is 31.6 Å². The molecular weight excluding hydrogens is 472 g/mol. The van der Waals surface area contributed by atoms with Crippen LogP contribution >= 0.6 is 0 Å². The number of fused-ring (bicyclic) bond motifs is 1. The third-order valence-corrected chi connectivity index (χ3v) is 10.5. The third kappa shape index (κ3) is 7.07. The number of likely N-dealkylation sites (N-methyl/N-ethyl adjacent to an activating group) is 1. The van der Waals surface area contributed by atoms with E-state index in [9.17, 15) is 9.59 Å². The molecule has 3 amide bonds. The summed E-state index contributed by atoms with van der Waals surface area (Å²) < 4.78 is 0. The summed E-state index contributed by atoms with van der Waals surface area (Å²) >= 11 is 0. The summed E-state index contributed by atoms with van der Waals surface area (Å²) in [6, 6.07) is 0.105. The van der Waals surface area contributed by atoms with E-state index in [0.29, 0.717) is 48.0 Å². The Morgan fingerprint density at radius 1 is 0.895 bits per heavy atom. The quantitative estimate of drug-likeness (QED) is 0.332. The predicted molar refractivity (Wildman–Crippen MR) is 156 cm³/mol. The van der Waals surface area contributed by atoms with Gasteiger partial charge in [-0.3, -0.25) is 4.79 Å². The summed E-state index contributed by atoms with van der Waals surface area (Å²) in [6.45, 7) is 9.90. The minimum atomic E-state index is -0.481. The topological polar surface area (TPSA) is 73.5 Å². The average molecular weight is 529 g/mol. The Hall–Kier alpha value is -1.72. The molecule has 5 unspecified atom stereocenters. The number of amides is 3. The Labute approximate surface area is 232 Å². The van der Waals surface area contributed by atoms with Crippen molar-refractivity contribution in [1.29, 1.82) is 0 Å². The van der Waals surface area contributed by atoms with Crippen LogP contribution in [0.2, 0.25) is 0 Å². The lowest BCUT2D eigenvalue weighted by Crippen LogP contribution is -2.57. The normalized spacial score (nSPS) is 30.8. The summed E-state index contributed by atoms with van der Waals surface area (Å²) in [5.41, 5.74) is 1.32. The van der Waals surface area contributed by atoms with Crippen molar-refractivity contribution in [2.24, 2.45) is 35.5 Å². The summed E-state index contributed by atoms with van der Waals surface area (Å²) in [4.78, 5) is 29.3. The van der Waals surface area contributed by atoms with Crippen LogP contribution in [0.5, 0.6) is 0 Å². The monoisotopic (exact) mass is 528 g/mol. The highest BCUT2D eigenvalue weighted by atomic mass is 16.2. The lowest BCUT2D eigenvalue weighted by Gasteiger charge is -2.43. The molecule has 6 nitrogen and oxygen atoms in total. The Morgan fingerprint density at radius 3 is 2.18 bits per heavy atom. The highest BCUT2D eigenvalue weighted by molar-refractivity contribution is 5.87. The maximum atomic E-state index is 13.9. The van der Waals surface area contributed by atoms with Crippen LogP contribution in [-0.2, 0) is 4.79 Å². The molecule has 0 saturated heterocycles. The number of carbonyl (C=O) groups is 2. The van der Waals surface area contributed by atoms with Gasteiger partial charge in [-0.15, -0.1) is 0 Å². The number of rotatable bonds is 9. The predicted octanol–water partition coefficient (Wildman–Crippen LogP) is 6.23. The SMILES string of the molecule is CC(C)C1CCCC(C(C)C)C1NC(=O)N(C)C(CC1=CNC2CCCCC12)C(=O)NCC1CCCCC1. The van der Waals surface area contributed by atoms with Crippen molar-refractivity contribution in [3.8, 4) is 0 Å². The van der Waals surface area contributed by atoms with Gasteiger partial charge in [-0.2, -0.15) is 0 Å². The molecule has 38 heavy (non-hydrogen) atoms. The minimum absolute atomic E-state index is 0.0119. The van der Waals surface area contributed by atoms with Crippen LogP contribution in [0.25, 0.3) is 0 Å². The van der Waals surface area contributed by atoms with E-state index in [4.69, 9.17) is 0 Å². The molecule has 216 valence electrons. The van der Waals surface area contributed by atoms with Gasteiger partial charge in [0.1, 0.15) is 6.04 Å². The van der Waals surface area contributed by atoms with Gasteiger partial charge < -0.3 is 20.9 Å². The van der Waals surface area contributed by atoms with Crippen LogP contribution < -0.4 is 16.0 Å². The highest BCUT2D eigenvalue weighted by Crippen LogP contribution is 2.39. The van der Waals surface area contributed by atoms with Gasteiger partial charge in [0.2, 0.25) is 5.91 Å². The van der Waals surface area contributed by atoms with Crippen molar-refractivity contribution in [3.05, 3.63) is 11.8 Å². The van der Waals surface area contributed by atoms with Gasteiger partial charge in [-0.25, -0.2) is 4.79 Å². The van der Waals surface area contributed by atoms with Crippen LogP contribution in [0.15, 0.2) is 11.8 Å². The minimum Gasteiger partial charge on any atom is -0.388 e. The number of nitrogens with zero attached hydrogens (tertiary/aromatic N) is 1. The van der Waals surface area contributed by atoms with Crippen molar-refractivity contribution in [2.75, 3.05) is 13.6 Å². The molecule has 0 radical (unpaired) electrons. The van der Waals surface area contributed by atoms with E-state index in [1.807, 2.05) is 7.05 Å². The third-order valence-electron chi connectivity index (χ3n) is 10.5. The molecule has 0 aromatic carbocycles. The van der Waals surface area contributed by atoms with Crippen molar-refractivity contribution >= 4 is 11.9 Å². The first-order valence-electron chi connectivity index (χ1n) is 16.0. The number of hydrogen-bond donors (Lipinski definition) is 3. The zero-order valence-electron chi connectivity index (χ0n) is 24.9. The second kappa shape index (κ2) is 13.6.